The van der Waals surface area contributed by atoms with Gasteiger partial charge in [-0.15, -0.1) is 0 Å². The third kappa shape index (κ3) is 4.94. The van der Waals surface area contributed by atoms with Crippen molar-refractivity contribution >= 4 is 39.0 Å². The topological polar surface area (TPSA) is 16.4 Å². The summed E-state index contributed by atoms with van der Waals surface area (Å²) >= 11 is 0. The molecule has 0 spiro atoms. The summed E-state index contributed by atoms with van der Waals surface area (Å²) in [5.74, 6) is 0. The van der Waals surface area contributed by atoms with Gasteiger partial charge >= 0.3 is 0 Å². The summed E-state index contributed by atoms with van der Waals surface area (Å²) in [6, 6.07) is 78.1. The van der Waals surface area contributed by atoms with Gasteiger partial charge in [-0.05, 0) is 121 Å². The summed E-state index contributed by atoms with van der Waals surface area (Å²) < 4.78 is 6.16. The van der Waals surface area contributed by atoms with Gasteiger partial charge in [0.05, 0.1) is 5.41 Å². The highest BCUT2D eigenvalue weighted by Gasteiger charge is 2.46. The second kappa shape index (κ2) is 13.0. The number of para-hydroxylation sites is 1. The van der Waals surface area contributed by atoms with Crippen LogP contribution in [0.2, 0.25) is 0 Å². The molecule has 0 atom stereocenters. The van der Waals surface area contributed by atoms with Crippen molar-refractivity contribution in [3.8, 4) is 33.4 Å². The zero-order valence-electron chi connectivity index (χ0n) is 33.6. The Morgan fingerprint density at radius 2 is 0.850 bits per heavy atom. The molecule has 0 aliphatic heterocycles. The number of hydrogen-bond acceptors (Lipinski definition) is 2. The van der Waals surface area contributed by atoms with Crippen molar-refractivity contribution in [2.75, 3.05) is 4.90 Å². The molecule has 2 nitrogen and oxygen atoms in total. The highest BCUT2D eigenvalue weighted by atomic mass is 16.3. The van der Waals surface area contributed by atoms with Crippen LogP contribution in [0.25, 0.3) is 55.3 Å². The van der Waals surface area contributed by atoms with Gasteiger partial charge in [-0.1, -0.05) is 172 Å². The average Bonchev–Trinajstić information content (AvgIpc) is 3.91. The number of rotatable bonds is 6. The molecule has 60 heavy (non-hydrogen) atoms. The quantitative estimate of drug-likeness (QED) is 0.168. The van der Waals surface area contributed by atoms with Gasteiger partial charge in [0.2, 0.25) is 0 Å². The molecule has 0 radical (unpaired) electrons. The van der Waals surface area contributed by atoms with Crippen LogP contribution in [0.1, 0.15) is 47.2 Å². The average molecular weight is 768 g/mol. The van der Waals surface area contributed by atoms with E-state index in [0.29, 0.717) is 0 Å². The van der Waals surface area contributed by atoms with Gasteiger partial charge in [-0.25, -0.2) is 0 Å². The Kier molecular flexibility index (Phi) is 7.52. The SMILES string of the molecule is CC1(C)c2ccccc2-c2ccc(N(c3ccc(-c4ccc5oc6ccccc6c5c4)cc3)c3ccc(C4(c5ccccc5)c5ccccc5-c5ccccc54)cc3)cc21. The summed E-state index contributed by atoms with van der Waals surface area (Å²) in [5.41, 5.74) is 20.0. The lowest BCUT2D eigenvalue weighted by atomic mass is 9.68. The van der Waals surface area contributed by atoms with Crippen LogP contribution in [-0.4, -0.2) is 0 Å². The summed E-state index contributed by atoms with van der Waals surface area (Å²) in [6.07, 6.45) is 0. The van der Waals surface area contributed by atoms with Crippen molar-refractivity contribution < 1.29 is 4.42 Å². The van der Waals surface area contributed by atoms with Crippen LogP contribution in [0, 0.1) is 0 Å². The molecule has 2 aliphatic carbocycles. The summed E-state index contributed by atoms with van der Waals surface area (Å²) in [6.45, 7) is 4.71. The van der Waals surface area contributed by atoms with E-state index in [1.165, 1.54) is 55.6 Å². The molecule has 10 aromatic rings. The van der Waals surface area contributed by atoms with E-state index in [2.05, 4.69) is 219 Å². The first kappa shape index (κ1) is 34.6. The molecule has 2 aliphatic rings. The summed E-state index contributed by atoms with van der Waals surface area (Å²) in [7, 11) is 0. The first-order valence-electron chi connectivity index (χ1n) is 20.9. The molecule has 1 heterocycles. The van der Waals surface area contributed by atoms with Crippen LogP contribution < -0.4 is 4.90 Å². The Morgan fingerprint density at radius 3 is 1.55 bits per heavy atom. The number of furan rings is 1. The lowest BCUT2D eigenvalue weighted by Crippen LogP contribution is -2.28. The molecule has 9 aromatic carbocycles. The molecular formula is C58H41NO. The largest absolute Gasteiger partial charge is 0.456 e. The number of hydrogen-bond donors (Lipinski definition) is 0. The minimum atomic E-state index is -0.454. The fourth-order valence-electron chi connectivity index (χ4n) is 10.6. The zero-order valence-corrected chi connectivity index (χ0v) is 33.6. The van der Waals surface area contributed by atoms with Crippen molar-refractivity contribution in [1.82, 2.24) is 0 Å². The fourth-order valence-corrected chi connectivity index (χ4v) is 10.6. The molecule has 0 amide bonds. The third-order valence-corrected chi connectivity index (χ3v) is 13.4. The van der Waals surface area contributed by atoms with Gasteiger partial charge in [-0.3, -0.25) is 0 Å². The Balaban J connectivity index is 1.01. The molecule has 0 unspecified atom stereocenters. The second-order valence-corrected chi connectivity index (χ2v) is 16.8. The van der Waals surface area contributed by atoms with Crippen molar-refractivity contribution in [3.63, 3.8) is 0 Å². The smallest absolute Gasteiger partial charge is 0.135 e. The molecule has 12 rings (SSSR count). The Hall–Kier alpha value is -7.42. The fraction of sp³-hybridized carbons (Fsp3) is 0.0690. The van der Waals surface area contributed by atoms with E-state index in [1.807, 2.05) is 12.1 Å². The van der Waals surface area contributed by atoms with Crippen LogP contribution >= 0.6 is 0 Å². The third-order valence-electron chi connectivity index (χ3n) is 13.4. The maximum absolute atomic E-state index is 6.16. The van der Waals surface area contributed by atoms with Crippen LogP contribution in [0.15, 0.2) is 217 Å². The van der Waals surface area contributed by atoms with Crippen LogP contribution in [0.5, 0.6) is 0 Å². The molecule has 0 bridgehead atoms. The van der Waals surface area contributed by atoms with E-state index >= 15 is 0 Å². The lowest BCUT2D eigenvalue weighted by Gasteiger charge is -2.34. The Bertz CT molecular complexity index is 3230. The number of anilines is 3. The van der Waals surface area contributed by atoms with E-state index in [4.69, 9.17) is 4.42 Å². The van der Waals surface area contributed by atoms with E-state index in [0.717, 1.165) is 50.1 Å². The van der Waals surface area contributed by atoms with E-state index < -0.39 is 5.41 Å². The Labute approximate surface area is 350 Å². The van der Waals surface area contributed by atoms with Crippen molar-refractivity contribution in [2.24, 2.45) is 0 Å². The molecular weight excluding hydrogens is 727 g/mol. The van der Waals surface area contributed by atoms with Crippen molar-refractivity contribution in [3.05, 3.63) is 246 Å². The van der Waals surface area contributed by atoms with Gasteiger partial charge in [-0.2, -0.15) is 0 Å². The van der Waals surface area contributed by atoms with Gasteiger partial charge < -0.3 is 9.32 Å². The standard InChI is InChI=1S/C58H41NO/c1-57(2)51-20-10-6-16-45(51)48-34-33-44(37-54(48)57)59(42-29-24-38(25-30-42)39-26-35-56-50(36-39)49-19-9-13-23-55(49)60-56)43-31-27-41(28-32-43)58(40-14-4-3-5-15-40)52-21-11-7-17-46(52)47-18-8-12-22-53(47)58/h3-37H,1-2H3. The van der Waals surface area contributed by atoms with E-state index in [1.54, 1.807) is 0 Å². The number of benzene rings is 9. The molecule has 0 N–H and O–H groups in total. The maximum Gasteiger partial charge on any atom is 0.135 e. The van der Waals surface area contributed by atoms with Gasteiger partial charge in [0.25, 0.3) is 0 Å². The Morgan fingerprint density at radius 1 is 0.350 bits per heavy atom. The molecule has 0 saturated heterocycles. The summed E-state index contributed by atoms with van der Waals surface area (Å²) in [4.78, 5) is 2.42. The maximum atomic E-state index is 6.16. The predicted molar refractivity (Wildman–Crippen MR) is 249 cm³/mol. The van der Waals surface area contributed by atoms with Gasteiger partial charge in [0, 0.05) is 33.2 Å². The minimum Gasteiger partial charge on any atom is -0.456 e. The van der Waals surface area contributed by atoms with Gasteiger partial charge in [0.1, 0.15) is 11.2 Å². The highest BCUT2D eigenvalue weighted by Crippen LogP contribution is 2.56. The van der Waals surface area contributed by atoms with Gasteiger partial charge in [0.15, 0.2) is 0 Å². The zero-order chi connectivity index (χ0) is 40.0. The van der Waals surface area contributed by atoms with E-state index in [9.17, 15) is 0 Å². The van der Waals surface area contributed by atoms with Crippen LogP contribution in [-0.2, 0) is 10.8 Å². The van der Waals surface area contributed by atoms with Crippen molar-refractivity contribution in [2.45, 2.75) is 24.7 Å². The molecule has 0 fully saturated rings. The first-order chi connectivity index (χ1) is 29.5. The number of nitrogens with zero attached hydrogens (tertiary/aromatic N) is 1. The first-order valence-corrected chi connectivity index (χ1v) is 20.9. The second-order valence-electron chi connectivity index (χ2n) is 16.8. The highest BCUT2D eigenvalue weighted by molar-refractivity contribution is 6.06. The van der Waals surface area contributed by atoms with Crippen LogP contribution in [0.3, 0.4) is 0 Å². The van der Waals surface area contributed by atoms with Crippen LogP contribution in [0.4, 0.5) is 17.1 Å². The summed E-state index contributed by atoms with van der Waals surface area (Å²) in [5, 5.41) is 2.28. The molecule has 284 valence electrons. The molecule has 1 aromatic heterocycles. The predicted octanol–water partition coefficient (Wildman–Crippen LogP) is 15.4. The van der Waals surface area contributed by atoms with E-state index in [-0.39, 0.29) is 5.41 Å². The van der Waals surface area contributed by atoms with Crippen molar-refractivity contribution in [1.29, 1.82) is 0 Å². The molecule has 2 heteroatoms. The minimum absolute atomic E-state index is 0.122. The number of fused-ring (bicyclic) bond motifs is 9. The normalized spacial score (nSPS) is 14.1. The lowest BCUT2D eigenvalue weighted by molar-refractivity contribution is 0.660. The monoisotopic (exact) mass is 767 g/mol. The molecule has 0 saturated carbocycles.